The van der Waals surface area contributed by atoms with Gasteiger partial charge in [0.1, 0.15) is 34.5 Å². The van der Waals surface area contributed by atoms with Crippen LogP contribution in [0.25, 0.3) is 22.1 Å². The topological polar surface area (TPSA) is 97.5 Å². The van der Waals surface area contributed by atoms with Crippen molar-refractivity contribution in [3.8, 4) is 11.1 Å². The van der Waals surface area contributed by atoms with Crippen molar-refractivity contribution in [1.29, 1.82) is 0 Å². The number of fused-ring (bicyclic) bond motifs is 1. The summed E-state index contributed by atoms with van der Waals surface area (Å²) >= 11 is 0. The fraction of sp³-hybridized carbons (Fsp3) is 0.174. The fourth-order valence-electron chi connectivity index (χ4n) is 3.53. The molecule has 0 bridgehead atoms. The Bertz CT molecular complexity index is 1710. The molecule has 1 amide bonds. The molecule has 1 N–H and O–H groups in total. The molecule has 0 aliphatic rings. The van der Waals surface area contributed by atoms with E-state index >= 15 is 0 Å². The van der Waals surface area contributed by atoms with Gasteiger partial charge in [0.15, 0.2) is 0 Å². The lowest BCUT2D eigenvalue weighted by molar-refractivity contribution is -0.169. The molecule has 0 aliphatic heterocycles. The zero-order valence-electron chi connectivity index (χ0n) is 19.3. The molecular formula is C23H14F8N4O3S. The Morgan fingerprint density at radius 2 is 1.72 bits per heavy atom. The van der Waals surface area contributed by atoms with Gasteiger partial charge in [-0.15, -0.1) is 0 Å². The lowest BCUT2D eigenvalue weighted by atomic mass is 10.0. The zero-order chi connectivity index (χ0) is 28.8. The van der Waals surface area contributed by atoms with Crippen LogP contribution in [-0.4, -0.2) is 32.5 Å². The average Bonchev–Trinajstić information content (AvgIpc) is 3.30. The third-order valence-corrected chi connectivity index (χ3v) is 6.51. The van der Waals surface area contributed by atoms with E-state index in [0.717, 1.165) is 24.4 Å². The Morgan fingerprint density at radius 1 is 1.00 bits per heavy atom. The maximum atomic E-state index is 14.6. The Morgan fingerprint density at radius 3 is 2.38 bits per heavy atom. The van der Waals surface area contributed by atoms with Crippen molar-refractivity contribution in [2.75, 3.05) is 11.6 Å². The molecule has 0 saturated carbocycles. The summed E-state index contributed by atoms with van der Waals surface area (Å²) in [5, 5.41) is 2.49. The second-order valence-electron chi connectivity index (χ2n) is 8.17. The number of carbonyl (C=O) groups excluding carboxylic acids is 1. The molecule has 1 atom stereocenters. The molecule has 16 heteroatoms. The van der Waals surface area contributed by atoms with E-state index in [1.807, 2.05) is 0 Å². The van der Waals surface area contributed by atoms with Crippen LogP contribution in [0.2, 0.25) is 0 Å². The van der Waals surface area contributed by atoms with E-state index in [9.17, 15) is 44.1 Å². The number of rotatable bonds is 5. The number of carbonyl (C=O) groups is 1. The van der Waals surface area contributed by atoms with Gasteiger partial charge in [0, 0.05) is 17.4 Å². The second-order valence-corrected chi connectivity index (χ2v) is 10.6. The van der Waals surface area contributed by atoms with Crippen LogP contribution >= 0.6 is 0 Å². The maximum Gasteiger partial charge on any atom is 0.474 e. The predicted molar refractivity (Wildman–Crippen MR) is 123 cm³/mol. The number of anilines is 2. The molecule has 1 aromatic carbocycles. The highest BCUT2D eigenvalue weighted by Gasteiger charge is 2.39. The number of amides is 1. The molecule has 1 unspecified atom stereocenters. The number of alkyl halides is 6. The first-order valence-corrected chi connectivity index (χ1v) is 12.6. The summed E-state index contributed by atoms with van der Waals surface area (Å²) in [4.78, 5) is 18.3. The van der Waals surface area contributed by atoms with E-state index in [4.69, 9.17) is 4.42 Å². The lowest BCUT2D eigenvalue weighted by Gasteiger charge is -2.14. The number of nitrogens with zero attached hydrogens (tertiary/aromatic N) is 3. The van der Waals surface area contributed by atoms with E-state index in [0.29, 0.717) is 12.3 Å². The first-order valence-electron chi connectivity index (χ1n) is 10.5. The Kier molecular flexibility index (Phi) is 7.10. The van der Waals surface area contributed by atoms with Crippen molar-refractivity contribution in [2.45, 2.75) is 18.1 Å². The summed E-state index contributed by atoms with van der Waals surface area (Å²) in [6.07, 6.45) is -7.84. The van der Waals surface area contributed by atoms with Gasteiger partial charge in [-0.25, -0.2) is 23.0 Å². The second kappa shape index (κ2) is 9.91. The third-order valence-electron chi connectivity index (χ3n) is 5.09. The van der Waals surface area contributed by atoms with Crippen molar-refractivity contribution in [3.05, 3.63) is 71.8 Å². The smallest absolute Gasteiger partial charge is 0.464 e. The predicted octanol–water partition coefficient (Wildman–Crippen LogP) is 6.62. The van der Waals surface area contributed by atoms with Crippen molar-refractivity contribution in [1.82, 2.24) is 9.97 Å². The molecule has 4 aromatic rings. The molecule has 0 radical (unpaired) electrons. The average molecular weight is 578 g/mol. The quantitative estimate of drug-likeness (QED) is 0.268. The minimum Gasteiger partial charge on any atom is -0.464 e. The molecule has 0 fully saturated rings. The van der Waals surface area contributed by atoms with Crippen LogP contribution in [-0.2, 0) is 26.5 Å². The van der Waals surface area contributed by atoms with Crippen LogP contribution in [0.5, 0.6) is 0 Å². The molecule has 206 valence electrons. The van der Waals surface area contributed by atoms with Gasteiger partial charge < -0.3 is 9.73 Å². The van der Waals surface area contributed by atoms with Crippen LogP contribution in [0, 0.1) is 11.6 Å². The van der Waals surface area contributed by atoms with Gasteiger partial charge in [0.2, 0.25) is 0 Å². The number of furan rings is 1. The summed E-state index contributed by atoms with van der Waals surface area (Å²) in [5.41, 5.74) is -1.96. The normalized spacial score (nSPS) is 13.8. The molecular weight excluding hydrogens is 564 g/mol. The van der Waals surface area contributed by atoms with Gasteiger partial charge >= 0.3 is 18.3 Å². The zero-order valence-corrected chi connectivity index (χ0v) is 20.1. The number of hydrogen-bond acceptors (Lipinski definition) is 6. The summed E-state index contributed by atoms with van der Waals surface area (Å²) in [6, 6.07) is 6.08. The molecule has 39 heavy (non-hydrogen) atoms. The monoisotopic (exact) mass is 578 g/mol. The van der Waals surface area contributed by atoms with E-state index < -0.39 is 62.5 Å². The van der Waals surface area contributed by atoms with Gasteiger partial charge in [-0.2, -0.15) is 30.7 Å². The van der Waals surface area contributed by atoms with E-state index in [2.05, 4.69) is 19.6 Å². The van der Waals surface area contributed by atoms with Crippen LogP contribution in [0.15, 0.2) is 57.6 Å². The van der Waals surface area contributed by atoms with Gasteiger partial charge in [0.25, 0.3) is 0 Å². The summed E-state index contributed by atoms with van der Waals surface area (Å²) in [6.45, 7) is 0. The largest absolute Gasteiger partial charge is 0.474 e. The van der Waals surface area contributed by atoms with Crippen LogP contribution in [0.3, 0.4) is 0 Å². The van der Waals surface area contributed by atoms with E-state index in [1.165, 1.54) is 18.4 Å². The van der Waals surface area contributed by atoms with Gasteiger partial charge in [-0.3, -0.25) is 4.79 Å². The molecule has 0 aliphatic carbocycles. The van der Waals surface area contributed by atoms with Crippen molar-refractivity contribution in [3.63, 3.8) is 0 Å². The van der Waals surface area contributed by atoms with Gasteiger partial charge in [0.05, 0.1) is 33.3 Å². The number of halogens is 8. The molecule has 7 nitrogen and oxygen atoms in total. The highest BCUT2D eigenvalue weighted by Crippen LogP contribution is 2.35. The first-order chi connectivity index (χ1) is 18.0. The minimum atomic E-state index is -5.42. The summed E-state index contributed by atoms with van der Waals surface area (Å²) in [7, 11) is -3.96. The van der Waals surface area contributed by atoms with E-state index in [-0.39, 0.29) is 27.9 Å². The standard InChI is InChI=1S/C23H14F8N4O3S/c1-39(37,35-21(36)23(29,30)31)10-11-6-17(22(26,27)28)33-19(7-11)34-18-8-14(16(25)9-32-18)12-2-3-15(24)13-4-5-38-20(12)13/h2-9H,10H2,1H3,(H,32,33,34). The SMILES string of the molecule is CS(=O)(Cc1cc(Nc2cc(-c3ccc(F)c4ccoc34)c(F)cn2)nc(C(F)(F)F)c1)=NC(=O)C(F)(F)F. The third kappa shape index (κ3) is 6.32. The lowest BCUT2D eigenvalue weighted by Crippen LogP contribution is -2.22. The molecule has 3 aromatic heterocycles. The van der Waals surface area contributed by atoms with Crippen LogP contribution < -0.4 is 5.32 Å². The Balaban J connectivity index is 1.73. The highest BCUT2D eigenvalue weighted by molar-refractivity contribution is 7.92. The van der Waals surface area contributed by atoms with Crippen LogP contribution in [0.4, 0.5) is 46.8 Å². The molecule has 0 spiro atoms. The van der Waals surface area contributed by atoms with Gasteiger partial charge in [-0.1, -0.05) is 0 Å². The summed E-state index contributed by atoms with van der Waals surface area (Å²) in [5.74, 6) is -5.86. The molecule has 0 saturated heterocycles. The van der Waals surface area contributed by atoms with Gasteiger partial charge in [-0.05, 0) is 42.0 Å². The first kappa shape index (κ1) is 27.9. The van der Waals surface area contributed by atoms with Crippen LogP contribution in [0.1, 0.15) is 11.3 Å². The number of aromatic nitrogens is 2. The van der Waals surface area contributed by atoms with E-state index in [1.54, 1.807) is 0 Å². The van der Waals surface area contributed by atoms with Crippen molar-refractivity contribution >= 4 is 38.2 Å². The number of benzene rings is 1. The Hall–Kier alpha value is -4.08. The molecule has 3 heterocycles. The van der Waals surface area contributed by atoms with Crippen molar-refractivity contribution in [2.24, 2.45) is 4.36 Å². The fourth-order valence-corrected chi connectivity index (χ4v) is 4.84. The number of nitrogens with one attached hydrogen (secondary N) is 1. The maximum absolute atomic E-state index is 14.6. The minimum absolute atomic E-state index is 0.000362. The number of hydrogen-bond donors (Lipinski definition) is 1. The Labute approximate surface area is 214 Å². The van der Waals surface area contributed by atoms with Crippen molar-refractivity contribution < 1.29 is 48.5 Å². The summed E-state index contributed by atoms with van der Waals surface area (Å²) < 4.78 is 127. The number of pyridine rings is 2. The highest BCUT2D eigenvalue weighted by atomic mass is 32.2. The molecule has 4 rings (SSSR count).